The van der Waals surface area contributed by atoms with Gasteiger partial charge in [-0.1, -0.05) is 12.1 Å². The molecule has 1 atom stereocenters. The van der Waals surface area contributed by atoms with Crippen molar-refractivity contribution >= 4 is 0 Å². The summed E-state index contributed by atoms with van der Waals surface area (Å²) in [6.07, 6.45) is 5.55. The Labute approximate surface area is 134 Å². The predicted molar refractivity (Wildman–Crippen MR) is 87.9 cm³/mol. The van der Waals surface area contributed by atoms with Crippen LogP contribution in [0.15, 0.2) is 59.8 Å². The molecule has 0 spiro atoms. The van der Waals surface area contributed by atoms with Gasteiger partial charge in [-0.15, -0.1) is 0 Å². The SMILES string of the molecule is CC(c1ccc(C#N)cc1)n1cc(-c2ccc(=O)n(C)c2)cn1. The van der Waals surface area contributed by atoms with Gasteiger partial charge >= 0.3 is 0 Å². The van der Waals surface area contributed by atoms with Crippen molar-refractivity contribution in [1.29, 1.82) is 5.26 Å². The topological polar surface area (TPSA) is 63.6 Å². The number of nitriles is 1. The molecule has 0 aliphatic heterocycles. The molecule has 3 aromatic rings. The fourth-order valence-corrected chi connectivity index (χ4v) is 2.45. The molecule has 114 valence electrons. The molecule has 0 amide bonds. The van der Waals surface area contributed by atoms with Crippen LogP contribution in [-0.2, 0) is 7.05 Å². The zero-order chi connectivity index (χ0) is 16.4. The van der Waals surface area contributed by atoms with Gasteiger partial charge in [0.05, 0.1) is 23.9 Å². The largest absolute Gasteiger partial charge is 0.318 e. The first-order chi connectivity index (χ1) is 11.1. The number of rotatable bonds is 3. The summed E-state index contributed by atoms with van der Waals surface area (Å²) in [4.78, 5) is 11.5. The van der Waals surface area contributed by atoms with E-state index in [0.717, 1.165) is 16.7 Å². The molecule has 2 heterocycles. The molecular weight excluding hydrogens is 288 g/mol. The number of benzene rings is 1. The second-order valence-electron chi connectivity index (χ2n) is 5.49. The molecule has 1 unspecified atom stereocenters. The lowest BCUT2D eigenvalue weighted by atomic mass is 10.1. The van der Waals surface area contributed by atoms with Gasteiger partial charge < -0.3 is 4.57 Å². The Kier molecular flexibility index (Phi) is 3.82. The number of hydrogen-bond acceptors (Lipinski definition) is 3. The summed E-state index contributed by atoms with van der Waals surface area (Å²) in [5, 5.41) is 13.3. The lowest BCUT2D eigenvalue weighted by molar-refractivity contribution is 0.564. The summed E-state index contributed by atoms with van der Waals surface area (Å²) in [5.41, 5.74) is 3.60. The van der Waals surface area contributed by atoms with Gasteiger partial charge in [0.1, 0.15) is 0 Å². The first-order valence-electron chi connectivity index (χ1n) is 7.30. The van der Waals surface area contributed by atoms with Crippen LogP contribution in [0.1, 0.15) is 24.1 Å². The molecule has 2 aromatic heterocycles. The van der Waals surface area contributed by atoms with Crippen LogP contribution in [0.4, 0.5) is 0 Å². The Balaban J connectivity index is 1.89. The Morgan fingerprint density at radius 1 is 1.09 bits per heavy atom. The monoisotopic (exact) mass is 304 g/mol. The minimum absolute atomic E-state index is 0.0351. The van der Waals surface area contributed by atoms with E-state index in [1.165, 1.54) is 0 Å². The quantitative estimate of drug-likeness (QED) is 0.747. The van der Waals surface area contributed by atoms with E-state index in [9.17, 15) is 4.79 Å². The minimum Gasteiger partial charge on any atom is -0.318 e. The molecular formula is C18H16N4O. The lowest BCUT2D eigenvalue weighted by Crippen LogP contribution is -2.13. The molecule has 0 fully saturated rings. The number of aromatic nitrogens is 3. The summed E-state index contributed by atoms with van der Waals surface area (Å²) < 4.78 is 3.43. The Bertz CT molecular complexity index is 929. The van der Waals surface area contributed by atoms with E-state index in [-0.39, 0.29) is 11.6 Å². The van der Waals surface area contributed by atoms with Gasteiger partial charge in [0, 0.05) is 36.6 Å². The number of hydrogen-bond donors (Lipinski definition) is 0. The van der Waals surface area contributed by atoms with E-state index in [4.69, 9.17) is 5.26 Å². The van der Waals surface area contributed by atoms with Crippen LogP contribution in [0.5, 0.6) is 0 Å². The van der Waals surface area contributed by atoms with Crippen LogP contribution in [-0.4, -0.2) is 14.3 Å². The lowest BCUT2D eigenvalue weighted by Gasteiger charge is -2.12. The number of nitrogens with zero attached hydrogens (tertiary/aromatic N) is 4. The van der Waals surface area contributed by atoms with E-state index in [2.05, 4.69) is 18.1 Å². The van der Waals surface area contributed by atoms with Crippen molar-refractivity contribution < 1.29 is 0 Å². The second kappa shape index (κ2) is 5.93. The summed E-state index contributed by atoms with van der Waals surface area (Å²) >= 11 is 0. The molecule has 0 radical (unpaired) electrons. The van der Waals surface area contributed by atoms with Crippen LogP contribution in [0.25, 0.3) is 11.1 Å². The third-order valence-corrected chi connectivity index (χ3v) is 3.94. The fraction of sp³-hybridized carbons (Fsp3) is 0.167. The van der Waals surface area contributed by atoms with E-state index in [0.29, 0.717) is 5.56 Å². The van der Waals surface area contributed by atoms with Crippen molar-refractivity contribution in [2.45, 2.75) is 13.0 Å². The van der Waals surface area contributed by atoms with E-state index < -0.39 is 0 Å². The summed E-state index contributed by atoms with van der Waals surface area (Å²) in [5.74, 6) is 0. The highest BCUT2D eigenvalue weighted by Gasteiger charge is 2.10. The van der Waals surface area contributed by atoms with Crippen molar-refractivity contribution in [3.05, 3.63) is 76.5 Å². The Morgan fingerprint density at radius 3 is 2.48 bits per heavy atom. The van der Waals surface area contributed by atoms with Crippen LogP contribution >= 0.6 is 0 Å². The Hall–Kier alpha value is -3.13. The normalized spacial score (nSPS) is 11.9. The Morgan fingerprint density at radius 2 is 1.83 bits per heavy atom. The molecule has 23 heavy (non-hydrogen) atoms. The van der Waals surface area contributed by atoms with E-state index in [1.54, 1.807) is 36.1 Å². The first kappa shape index (κ1) is 14.8. The maximum absolute atomic E-state index is 11.5. The predicted octanol–water partition coefficient (Wildman–Crippen LogP) is 2.73. The molecule has 3 rings (SSSR count). The average molecular weight is 304 g/mol. The van der Waals surface area contributed by atoms with Crippen LogP contribution in [0.3, 0.4) is 0 Å². The molecule has 0 saturated carbocycles. The van der Waals surface area contributed by atoms with Crippen molar-refractivity contribution in [3.63, 3.8) is 0 Å². The minimum atomic E-state index is -0.0351. The van der Waals surface area contributed by atoms with Crippen LogP contribution in [0, 0.1) is 11.3 Å². The molecule has 5 nitrogen and oxygen atoms in total. The highest BCUT2D eigenvalue weighted by atomic mass is 16.1. The summed E-state index contributed by atoms with van der Waals surface area (Å²) in [6.45, 7) is 2.05. The van der Waals surface area contributed by atoms with Crippen LogP contribution < -0.4 is 5.56 Å². The maximum Gasteiger partial charge on any atom is 0.250 e. The van der Waals surface area contributed by atoms with Crippen LogP contribution in [0.2, 0.25) is 0 Å². The van der Waals surface area contributed by atoms with Gasteiger partial charge in [-0.2, -0.15) is 10.4 Å². The first-order valence-corrected chi connectivity index (χ1v) is 7.30. The number of aryl methyl sites for hydroxylation is 1. The maximum atomic E-state index is 11.5. The highest BCUT2D eigenvalue weighted by Crippen LogP contribution is 2.22. The second-order valence-corrected chi connectivity index (χ2v) is 5.49. The van der Waals surface area contributed by atoms with Gasteiger partial charge in [-0.3, -0.25) is 9.48 Å². The zero-order valence-electron chi connectivity index (χ0n) is 13.0. The molecule has 5 heteroatoms. The average Bonchev–Trinajstić information content (AvgIpc) is 3.07. The van der Waals surface area contributed by atoms with Gasteiger partial charge in [0.25, 0.3) is 0 Å². The molecule has 1 aromatic carbocycles. The molecule has 0 bridgehead atoms. The molecule has 0 saturated heterocycles. The van der Waals surface area contributed by atoms with Gasteiger partial charge in [0.2, 0.25) is 5.56 Å². The molecule has 0 N–H and O–H groups in total. The number of pyridine rings is 1. The third kappa shape index (κ3) is 2.92. The summed E-state index contributed by atoms with van der Waals surface area (Å²) in [6, 6.07) is 13.0. The van der Waals surface area contributed by atoms with Gasteiger partial charge in [-0.25, -0.2) is 0 Å². The molecule has 0 aliphatic rings. The molecule has 0 aliphatic carbocycles. The fourth-order valence-electron chi connectivity index (χ4n) is 2.45. The van der Waals surface area contributed by atoms with Crippen molar-refractivity contribution in [3.8, 4) is 17.2 Å². The van der Waals surface area contributed by atoms with E-state index in [1.807, 2.05) is 35.1 Å². The standard InChI is InChI=1S/C18H16N4O/c1-13(15-5-3-14(9-19)4-6-15)22-12-17(10-20-22)16-7-8-18(23)21(2)11-16/h3-8,10-13H,1-2H3. The van der Waals surface area contributed by atoms with Gasteiger partial charge in [0.15, 0.2) is 0 Å². The van der Waals surface area contributed by atoms with Gasteiger partial charge in [-0.05, 0) is 30.7 Å². The summed E-state index contributed by atoms with van der Waals surface area (Å²) in [7, 11) is 1.73. The zero-order valence-corrected chi connectivity index (χ0v) is 13.0. The van der Waals surface area contributed by atoms with E-state index >= 15 is 0 Å². The third-order valence-electron chi connectivity index (χ3n) is 3.94. The van der Waals surface area contributed by atoms with Crippen molar-refractivity contribution in [2.24, 2.45) is 7.05 Å². The van der Waals surface area contributed by atoms with Crippen molar-refractivity contribution in [1.82, 2.24) is 14.3 Å². The van der Waals surface area contributed by atoms with Crippen molar-refractivity contribution in [2.75, 3.05) is 0 Å². The smallest absolute Gasteiger partial charge is 0.250 e. The highest BCUT2D eigenvalue weighted by molar-refractivity contribution is 5.60.